The number of hydrogen-bond acceptors (Lipinski definition) is 2. The summed E-state index contributed by atoms with van der Waals surface area (Å²) in [6.45, 7) is 2.19. The quantitative estimate of drug-likeness (QED) is 0.754. The van der Waals surface area contributed by atoms with Crippen molar-refractivity contribution < 1.29 is 18.0 Å². The van der Waals surface area contributed by atoms with Crippen molar-refractivity contribution in [1.82, 2.24) is 10.2 Å². The van der Waals surface area contributed by atoms with Crippen LogP contribution in [0.2, 0.25) is 0 Å². The van der Waals surface area contributed by atoms with Gasteiger partial charge in [-0.15, -0.1) is 0 Å². The Hall–Kier alpha value is -0.780. The SMILES string of the molecule is CC(CCN(C)C)NC(=O)C(F)(F)F. The molecule has 0 saturated carbocycles. The van der Waals surface area contributed by atoms with Gasteiger partial charge in [-0.1, -0.05) is 0 Å². The first-order valence-electron chi connectivity index (χ1n) is 4.26. The van der Waals surface area contributed by atoms with Gasteiger partial charge in [0.1, 0.15) is 0 Å². The number of nitrogens with one attached hydrogen (secondary N) is 1. The Kier molecular flexibility index (Phi) is 4.90. The lowest BCUT2D eigenvalue weighted by molar-refractivity contribution is -0.174. The van der Waals surface area contributed by atoms with E-state index in [4.69, 9.17) is 0 Å². The standard InChI is InChI=1S/C8H15F3N2O/c1-6(4-5-13(2)3)12-7(14)8(9,10)11/h6H,4-5H2,1-3H3,(H,12,14). The first-order chi connectivity index (χ1) is 6.23. The van der Waals surface area contributed by atoms with Crippen LogP contribution in [0.3, 0.4) is 0 Å². The van der Waals surface area contributed by atoms with Gasteiger partial charge in [0.15, 0.2) is 0 Å². The minimum absolute atomic E-state index is 0.466. The van der Waals surface area contributed by atoms with Crippen LogP contribution in [0.25, 0.3) is 0 Å². The van der Waals surface area contributed by atoms with Crippen molar-refractivity contribution in [3.63, 3.8) is 0 Å². The zero-order valence-corrected chi connectivity index (χ0v) is 8.48. The van der Waals surface area contributed by atoms with E-state index in [9.17, 15) is 18.0 Å². The second-order valence-corrected chi connectivity index (χ2v) is 3.46. The molecule has 1 amide bonds. The van der Waals surface area contributed by atoms with Gasteiger partial charge in [-0.3, -0.25) is 4.79 Å². The molecule has 0 spiro atoms. The van der Waals surface area contributed by atoms with Crippen LogP contribution in [0, 0.1) is 0 Å². The fraction of sp³-hybridized carbons (Fsp3) is 0.875. The number of halogens is 3. The Labute approximate surface area is 81.3 Å². The van der Waals surface area contributed by atoms with Crippen LogP contribution < -0.4 is 5.32 Å². The molecule has 0 aromatic heterocycles. The van der Waals surface area contributed by atoms with Gasteiger partial charge in [0.05, 0.1) is 0 Å². The van der Waals surface area contributed by atoms with Gasteiger partial charge < -0.3 is 10.2 Å². The van der Waals surface area contributed by atoms with Gasteiger partial charge >= 0.3 is 12.1 Å². The number of rotatable bonds is 4. The van der Waals surface area contributed by atoms with Gasteiger partial charge in [-0.2, -0.15) is 13.2 Å². The third kappa shape index (κ3) is 5.80. The third-order valence-electron chi connectivity index (χ3n) is 1.64. The van der Waals surface area contributed by atoms with Crippen LogP contribution >= 0.6 is 0 Å². The number of alkyl halides is 3. The molecule has 0 saturated heterocycles. The molecular formula is C8H15F3N2O. The summed E-state index contributed by atoms with van der Waals surface area (Å²) in [5.74, 6) is -1.87. The van der Waals surface area contributed by atoms with E-state index in [1.807, 2.05) is 24.3 Å². The molecule has 6 heteroatoms. The average Bonchev–Trinajstić information content (AvgIpc) is 1.99. The van der Waals surface area contributed by atoms with Gasteiger partial charge in [-0.05, 0) is 34.0 Å². The first-order valence-corrected chi connectivity index (χ1v) is 4.26. The summed E-state index contributed by atoms with van der Waals surface area (Å²) in [6.07, 6.45) is -4.29. The van der Waals surface area contributed by atoms with Crippen LogP contribution in [0.15, 0.2) is 0 Å². The second-order valence-electron chi connectivity index (χ2n) is 3.46. The predicted octanol–water partition coefficient (Wildman–Crippen LogP) is 1.01. The van der Waals surface area contributed by atoms with E-state index in [1.165, 1.54) is 0 Å². The monoisotopic (exact) mass is 212 g/mol. The van der Waals surface area contributed by atoms with E-state index in [1.54, 1.807) is 6.92 Å². The highest BCUT2D eigenvalue weighted by Crippen LogP contribution is 2.14. The van der Waals surface area contributed by atoms with Gasteiger partial charge in [0.25, 0.3) is 0 Å². The number of carbonyl (C=O) groups excluding carboxylic acids is 1. The molecule has 14 heavy (non-hydrogen) atoms. The zero-order chi connectivity index (χ0) is 11.4. The molecule has 0 aromatic rings. The molecule has 0 aromatic carbocycles. The minimum Gasteiger partial charge on any atom is -0.346 e. The summed E-state index contributed by atoms with van der Waals surface area (Å²) < 4.78 is 35.4. The molecule has 0 aliphatic rings. The Morgan fingerprint density at radius 2 is 1.93 bits per heavy atom. The average molecular weight is 212 g/mol. The van der Waals surface area contributed by atoms with E-state index in [0.717, 1.165) is 0 Å². The summed E-state index contributed by atoms with van der Waals surface area (Å²) in [6, 6.07) is -0.466. The fourth-order valence-corrected chi connectivity index (χ4v) is 0.830. The molecule has 84 valence electrons. The lowest BCUT2D eigenvalue weighted by atomic mass is 10.2. The maximum absolute atomic E-state index is 11.8. The van der Waals surface area contributed by atoms with Crippen LogP contribution in [0.4, 0.5) is 13.2 Å². The number of amides is 1. The van der Waals surface area contributed by atoms with E-state index < -0.39 is 18.1 Å². The maximum Gasteiger partial charge on any atom is 0.471 e. The molecule has 3 nitrogen and oxygen atoms in total. The highest BCUT2D eigenvalue weighted by atomic mass is 19.4. The van der Waals surface area contributed by atoms with Crippen molar-refractivity contribution >= 4 is 5.91 Å². The lowest BCUT2D eigenvalue weighted by Gasteiger charge is -2.17. The molecular weight excluding hydrogens is 197 g/mol. The van der Waals surface area contributed by atoms with Crippen molar-refractivity contribution in [3.05, 3.63) is 0 Å². The Bertz CT molecular complexity index is 192. The van der Waals surface area contributed by atoms with E-state index in [2.05, 4.69) is 0 Å². The molecule has 1 N–H and O–H groups in total. The van der Waals surface area contributed by atoms with Crippen molar-refractivity contribution in [3.8, 4) is 0 Å². The summed E-state index contributed by atoms with van der Waals surface area (Å²) in [5, 5.41) is 1.88. The molecule has 0 aliphatic heterocycles. The first kappa shape index (κ1) is 13.2. The normalized spacial score (nSPS) is 14.2. The zero-order valence-electron chi connectivity index (χ0n) is 8.48. The van der Waals surface area contributed by atoms with Gasteiger partial charge in [0, 0.05) is 6.04 Å². The second kappa shape index (κ2) is 5.19. The molecule has 0 heterocycles. The number of hydrogen-bond donors (Lipinski definition) is 1. The molecule has 0 aliphatic carbocycles. The van der Waals surface area contributed by atoms with Crippen LogP contribution in [0.5, 0.6) is 0 Å². The molecule has 1 unspecified atom stereocenters. The summed E-state index contributed by atoms with van der Waals surface area (Å²) >= 11 is 0. The summed E-state index contributed by atoms with van der Waals surface area (Å²) in [5.41, 5.74) is 0. The maximum atomic E-state index is 11.8. The van der Waals surface area contributed by atoms with Gasteiger partial charge in [-0.25, -0.2) is 0 Å². The Balaban J connectivity index is 3.83. The minimum atomic E-state index is -4.79. The van der Waals surface area contributed by atoms with E-state index >= 15 is 0 Å². The molecule has 1 atom stereocenters. The highest BCUT2D eigenvalue weighted by Gasteiger charge is 2.39. The van der Waals surface area contributed by atoms with Crippen LogP contribution in [0.1, 0.15) is 13.3 Å². The summed E-state index contributed by atoms with van der Waals surface area (Å²) in [7, 11) is 3.64. The third-order valence-corrected chi connectivity index (χ3v) is 1.64. The van der Waals surface area contributed by atoms with Crippen molar-refractivity contribution in [2.24, 2.45) is 0 Å². The van der Waals surface area contributed by atoms with Gasteiger partial charge in [0.2, 0.25) is 0 Å². The largest absolute Gasteiger partial charge is 0.471 e. The highest BCUT2D eigenvalue weighted by molar-refractivity contribution is 5.81. The molecule has 0 radical (unpaired) electrons. The van der Waals surface area contributed by atoms with Crippen molar-refractivity contribution in [2.45, 2.75) is 25.6 Å². The van der Waals surface area contributed by atoms with E-state index in [-0.39, 0.29) is 0 Å². The Morgan fingerprint density at radius 1 is 1.43 bits per heavy atom. The summed E-state index contributed by atoms with van der Waals surface area (Å²) in [4.78, 5) is 12.3. The van der Waals surface area contributed by atoms with Crippen molar-refractivity contribution in [2.75, 3.05) is 20.6 Å². The van der Waals surface area contributed by atoms with Crippen LogP contribution in [-0.4, -0.2) is 43.7 Å². The predicted molar refractivity (Wildman–Crippen MR) is 46.8 cm³/mol. The lowest BCUT2D eigenvalue weighted by Crippen LogP contribution is -2.42. The van der Waals surface area contributed by atoms with E-state index in [0.29, 0.717) is 13.0 Å². The fourth-order valence-electron chi connectivity index (χ4n) is 0.830. The topological polar surface area (TPSA) is 32.3 Å². The number of carbonyl (C=O) groups is 1. The van der Waals surface area contributed by atoms with Crippen LogP contribution in [-0.2, 0) is 4.79 Å². The molecule has 0 bridgehead atoms. The Morgan fingerprint density at radius 3 is 2.29 bits per heavy atom. The molecule has 0 rings (SSSR count). The molecule has 0 fully saturated rings. The number of nitrogens with zero attached hydrogens (tertiary/aromatic N) is 1. The van der Waals surface area contributed by atoms with Crippen molar-refractivity contribution in [1.29, 1.82) is 0 Å². The smallest absolute Gasteiger partial charge is 0.346 e.